The molecule has 3 rings (SSSR count). The zero-order valence-corrected chi connectivity index (χ0v) is 9.82. The first-order chi connectivity index (χ1) is 8.24. The van der Waals surface area contributed by atoms with Crippen molar-refractivity contribution in [2.24, 2.45) is 5.73 Å². The van der Waals surface area contributed by atoms with Gasteiger partial charge >= 0.3 is 5.97 Å². The SMILES string of the molecule is NC1CC(c2ccc3c(c2)CCCC3)OC1=O. The van der Waals surface area contributed by atoms with Crippen molar-refractivity contribution in [3.05, 3.63) is 34.9 Å². The highest BCUT2D eigenvalue weighted by Gasteiger charge is 2.32. The highest BCUT2D eigenvalue weighted by Crippen LogP contribution is 2.31. The van der Waals surface area contributed by atoms with Crippen LogP contribution < -0.4 is 5.73 Å². The molecule has 0 saturated carbocycles. The third-order valence-corrected chi connectivity index (χ3v) is 3.77. The highest BCUT2D eigenvalue weighted by molar-refractivity contribution is 5.77. The monoisotopic (exact) mass is 231 g/mol. The Hall–Kier alpha value is -1.35. The molecule has 0 radical (unpaired) electrons. The molecule has 0 bridgehead atoms. The van der Waals surface area contributed by atoms with Gasteiger partial charge in [-0.3, -0.25) is 4.79 Å². The molecule has 2 atom stereocenters. The van der Waals surface area contributed by atoms with E-state index in [9.17, 15) is 4.79 Å². The van der Waals surface area contributed by atoms with E-state index in [0.29, 0.717) is 6.42 Å². The molecule has 3 nitrogen and oxygen atoms in total. The van der Waals surface area contributed by atoms with Gasteiger partial charge in [0.1, 0.15) is 12.1 Å². The summed E-state index contributed by atoms with van der Waals surface area (Å²) in [5, 5.41) is 0. The number of hydrogen-bond acceptors (Lipinski definition) is 3. The summed E-state index contributed by atoms with van der Waals surface area (Å²) < 4.78 is 5.29. The van der Waals surface area contributed by atoms with Crippen LogP contribution in [0.1, 0.15) is 42.1 Å². The molecule has 0 aromatic heterocycles. The van der Waals surface area contributed by atoms with Crippen molar-refractivity contribution in [2.45, 2.75) is 44.2 Å². The maximum atomic E-state index is 11.3. The van der Waals surface area contributed by atoms with Gasteiger partial charge in [0.05, 0.1) is 0 Å². The molecule has 1 aromatic rings. The van der Waals surface area contributed by atoms with Crippen molar-refractivity contribution < 1.29 is 9.53 Å². The summed E-state index contributed by atoms with van der Waals surface area (Å²) >= 11 is 0. The zero-order valence-electron chi connectivity index (χ0n) is 9.82. The van der Waals surface area contributed by atoms with Gasteiger partial charge in [0.25, 0.3) is 0 Å². The van der Waals surface area contributed by atoms with Gasteiger partial charge in [0.2, 0.25) is 0 Å². The number of fused-ring (bicyclic) bond motifs is 1. The first-order valence-electron chi connectivity index (χ1n) is 6.32. The second-order valence-electron chi connectivity index (χ2n) is 5.00. The fraction of sp³-hybridized carbons (Fsp3) is 0.500. The lowest BCUT2D eigenvalue weighted by Gasteiger charge is -2.18. The van der Waals surface area contributed by atoms with Crippen LogP contribution in [-0.2, 0) is 22.4 Å². The first-order valence-corrected chi connectivity index (χ1v) is 6.32. The van der Waals surface area contributed by atoms with Crippen LogP contribution in [0.25, 0.3) is 0 Å². The molecule has 3 heteroatoms. The quantitative estimate of drug-likeness (QED) is 0.751. The maximum Gasteiger partial charge on any atom is 0.323 e. The topological polar surface area (TPSA) is 52.3 Å². The third kappa shape index (κ3) is 1.95. The van der Waals surface area contributed by atoms with Gasteiger partial charge in [-0.2, -0.15) is 0 Å². The van der Waals surface area contributed by atoms with E-state index in [4.69, 9.17) is 10.5 Å². The summed E-state index contributed by atoms with van der Waals surface area (Å²) in [5.74, 6) is -0.271. The highest BCUT2D eigenvalue weighted by atomic mass is 16.6. The summed E-state index contributed by atoms with van der Waals surface area (Å²) in [5.41, 5.74) is 9.65. The molecule has 1 aliphatic carbocycles. The van der Waals surface area contributed by atoms with E-state index < -0.39 is 6.04 Å². The van der Waals surface area contributed by atoms with Crippen LogP contribution in [0.4, 0.5) is 0 Å². The van der Waals surface area contributed by atoms with Gasteiger partial charge in [-0.1, -0.05) is 18.2 Å². The lowest BCUT2D eigenvalue weighted by molar-refractivity contribution is -0.142. The fourth-order valence-corrected chi connectivity index (χ4v) is 2.76. The number of rotatable bonds is 1. The molecule has 0 spiro atoms. The summed E-state index contributed by atoms with van der Waals surface area (Å²) in [4.78, 5) is 11.3. The molecule has 2 aliphatic rings. The van der Waals surface area contributed by atoms with Crippen molar-refractivity contribution in [1.29, 1.82) is 0 Å². The average molecular weight is 231 g/mol. The van der Waals surface area contributed by atoms with E-state index in [1.807, 2.05) is 0 Å². The largest absolute Gasteiger partial charge is 0.456 e. The number of esters is 1. The predicted octanol–water partition coefficient (Wildman–Crippen LogP) is 1.88. The number of nitrogens with two attached hydrogens (primary N) is 1. The molecule has 1 fully saturated rings. The molecule has 1 aromatic carbocycles. The van der Waals surface area contributed by atoms with Gasteiger partial charge in [-0.25, -0.2) is 0 Å². The maximum absolute atomic E-state index is 11.3. The Kier molecular flexibility index (Phi) is 2.63. The van der Waals surface area contributed by atoms with Crippen LogP contribution in [0.2, 0.25) is 0 Å². The van der Waals surface area contributed by atoms with E-state index in [1.54, 1.807) is 0 Å². The number of ether oxygens (including phenoxy) is 1. The Morgan fingerprint density at radius 3 is 2.65 bits per heavy atom. The second kappa shape index (κ2) is 4.15. The van der Waals surface area contributed by atoms with E-state index in [-0.39, 0.29) is 12.1 Å². The number of cyclic esters (lactones) is 1. The lowest BCUT2D eigenvalue weighted by Crippen LogP contribution is -2.24. The smallest absolute Gasteiger partial charge is 0.323 e. The minimum absolute atomic E-state index is 0.135. The Bertz CT molecular complexity index is 456. The van der Waals surface area contributed by atoms with Gasteiger partial charge in [-0.05, 0) is 42.4 Å². The van der Waals surface area contributed by atoms with E-state index in [2.05, 4.69) is 18.2 Å². The summed E-state index contributed by atoms with van der Waals surface area (Å²) in [7, 11) is 0. The van der Waals surface area contributed by atoms with Crippen LogP contribution in [0.3, 0.4) is 0 Å². The second-order valence-corrected chi connectivity index (χ2v) is 5.00. The third-order valence-electron chi connectivity index (χ3n) is 3.77. The molecule has 90 valence electrons. The van der Waals surface area contributed by atoms with Gasteiger partial charge < -0.3 is 10.5 Å². The Balaban J connectivity index is 1.87. The molecule has 0 amide bonds. The normalized spacial score (nSPS) is 27.7. The van der Waals surface area contributed by atoms with Crippen molar-refractivity contribution in [1.82, 2.24) is 0 Å². The predicted molar refractivity (Wildman–Crippen MR) is 64.5 cm³/mol. The van der Waals surface area contributed by atoms with Crippen LogP contribution in [0, 0.1) is 0 Å². The van der Waals surface area contributed by atoms with Gasteiger partial charge in [0.15, 0.2) is 0 Å². The number of hydrogen-bond donors (Lipinski definition) is 1. The summed E-state index contributed by atoms with van der Waals surface area (Å²) in [6.07, 6.45) is 5.35. The lowest BCUT2D eigenvalue weighted by atomic mass is 9.89. The van der Waals surface area contributed by atoms with E-state index in [0.717, 1.165) is 12.0 Å². The molecular weight excluding hydrogens is 214 g/mol. The molecule has 2 N–H and O–H groups in total. The molecule has 17 heavy (non-hydrogen) atoms. The minimum atomic E-state index is -0.448. The fourth-order valence-electron chi connectivity index (χ4n) is 2.76. The number of aryl methyl sites for hydroxylation is 2. The summed E-state index contributed by atoms with van der Waals surface area (Å²) in [6, 6.07) is 6.02. The molecule has 2 unspecified atom stereocenters. The van der Waals surface area contributed by atoms with Crippen LogP contribution in [-0.4, -0.2) is 12.0 Å². The average Bonchev–Trinajstić information content (AvgIpc) is 2.69. The Labute approximate surface area is 101 Å². The molecule has 1 aliphatic heterocycles. The number of carbonyl (C=O) groups is 1. The molecule has 1 saturated heterocycles. The van der Waals surface area contributed by atoms with Crippen LogP contribution in [0.15, 0.2) is 18.2 Å². The Morgan fingerprint density at radius 1 is 1.18 bits per heavy atom. The number of benzene rings is 1. The summed E-state index contributed by atoms with van der Waals surface area (Å²) in [6.45, 7) is 0. The van der Waals surface area contributed by atoms with Gasteiger partial charge in [0, 0.05) is 6.42 Å². The zero-order chi connectivity index (χ0) is 11.8. The first kappa shape index (κ1) is 10.8. The number of carbonyl (C=O) groups excluding carboxylic acids is 1. The molecular formula is C14H17NO2. The van der Waals surface area contributed by atoms with E-state index in [1.165, 1.54) is 30.4 Å². The molecule has 1 heterocycles. The van der Waals surface area contributed by atoms with Crippen LogP contribution >= 0.6 is 0 Å². The van der Waals surface area contributed by atoms with Crippen LogP contribution in [0.5, 0.6) is 0 Å². The van der Waals surface area contributed by atoms with Crippen molar-refractivity contribution >= 4 is 5.97 Å². The van der Waals surface area contributed by atoms with Crippen molar-refractivity contribution in [2.75, 3.05) is 0 Å². The van der Waals surface area contributed by atoms with E-state index >= 15 is 0 Å². The standard InChI is InChI=1S/C14H17NO2/c15-12-8-13(17-14(12)16)11-6-5-9-3-1-2-4-10(9)7-11/h5-7,12-13H,1-4,8,15H2. The van der Waals surface area contributed by atoms with Crippen molar-refractivity contribution in [3.8, 4) is 0 Å². The van der Waals surface area contributed by atoms with Gasteiger partial charge in [-0.15, -0.1) is 0 Å². The van der Waals surface area contributed by atoms with Crippen molar-refractivity contribution in [3.63, 3.8) is 0 Å². The minimum Gasteiger partial charge on any atom is -0.456 e. The Morgan fingerprint density at radius 2 is 1.94 bits per heavy atom.